The molecule has 0 aromatic heterocycles. The molecule has 1 saturated heterocycles. The van der Waals surface area contributed by atoms with Crippen molar-refractivity contribution in [3.63, 3.8) is 0 Å². The predicted molar refractivity (Wildman–Crippen MR) is 101 cm³/mol. The number of fused-ring (bicyclic) bond motifs is 1. The lowest BCUT2D eigenvalue weighted by atomic mass is 9.96. The molecule has 27 heavy (non-hydrogen) atoms. The van der Waals surface area contributed by atoms with Crippen LogP contribution in [0.5, 0.6) is 5.75 Å². The summed E-state index contributed by atoms with van der Waals surface area (Å²) < 4.78 is 5.84. The summed E-state index contributed by atoms with van der Waals surface area (Å²) in [6.45, 7) is 6.80. The Hall–Kier alpha value is -2.57. The zero-order valence-corrected chi connectivity index (χ0v) is 16.2. The minimum Gasteiger partial charge on any atom is -0.476 e. The average Bonchev–Trinajstić information content (AvgIpc) is 2.62. The summed E-state index contributed by atoms with van der Waals surface area (Å²) in [4.78, 5) is 40.1. The van der Waals surface area contributed by atoms with E-state index >= 15 is 0 Å². The zero-order valence-electron chi connectivity index (χ0n) is 16.2. The van der Waals surface area contributed by atoms with Crippen LogP contribution in [-0.4, -0.2) is 47.9 Å². The van der Waals surface area contributed by atoms with Crippen LogP contribution in [0.15, 0.2) is 18.2 Å². The van der Waals surface area contributed by atoms with E-state index in [1.165, 1.54) is 0 Å². The van der Waals surface area contributed by atoms with Gasteiger partial charge in [-0.3, -0.25) is 14.4 Å². The third kappa shape index (κ3) is 3.91. The van der Waals surface area contributed by atoms with Crippen LogP contribution >= 0.6 is 0 Å². The van der Waals surface area contributed by atoms with Crippen molar-refractivity contribution < 1.29 is 19.1 Å². The van der Waals surface area contributed by atoms with Crippen LogP contribution in [0.2, 0.25) is 0 Å². The Kier molecular flexibility index (Phi) is 5.13. The number of aryl methyl sites for hydroxylation is 1. The van der Waals surface area contributed by atoms with Crippen LogP contribution in [0.1, 0.15) is 38.7 Å². The maximum Gasteiger partial charge on any atom is 0.270 e. The smallest absolute Gasteiger partial charge is 0.270 e. The van der Waals surface area contributed by atoms with Crippen molar-refractivity contribution in [1.29, 1.82) is 0 Å². The van der Waals surface area contributed by atoms with Gasteiger partial charge in [-0.1, -0.05) is 6.07 Å². The molecular weight excluding hydrogens is 346 g/mol. The van der Waals surface area contributed by atoms with Gasteiger partial charge in [0.1, 0.15) is 5.75 Å². The number of anilines is 1. The average molecular weight is 373 g/mol. The molecule has 1 aromatic rings. The number of carbonyl (C=O) groups is 3. The number of hydrogen-bond acceptors (Lipinski definition) is 4. The van der Waals surface area contributed by atoms with E-state index in [1.54, 1.807) is 23.6 Å². The van der Waals surface area contributed by atoms with Crippen molar-refractivity contribution in [2.75, 3.05) is 24.5 Å². The molecule has 0 bridgehead atoms. The first kappa shape index (κ1) is 19.2. The Labute approximate surface area is 159 Å². The number of rotatable bonds is 4. The fourth-order valence-corrected chi connectivity index (χ4v) is 3.68. The molecule has 0 saturated carbocycles. The second kappa shape index (κ2) is 7.21. The van der Waals surface area contributed by atoms with E-state index in [1.807, 2.05) is 25.1 Å². The molecule has 2 aliphatic heterocycles. The number of ether oxygens (including phenoxy) is 1. The summed E-state index contributed by atoms with van der Waals surface area (Å²) in [5, 5.41) is 0. The molecule has 2 heterocycles. The summed E-state index contributed by atoms with van der Waals surface area (Å²) in [6.07, 6.45) is 1.44. The van der Waals surface area contributed by atoms with Gasteiger partial charge >= 0.3 is 0 Å². The van der Waals surface area contributed by atoms with Crippen molar-refractivity contribution in [3.05, 3.63) is 23.8 Å². The van der Waals surface area contributed by atoms with Crippen molar-refractivity contribution in [2.45, 2.75) is 45.6 Å². The molecule has 0 spiro atoms. The number of nitrogens with zero attached hydrogens (tertiary/aromatic N) is 2. The molecule has 0 unspecified atom stereocenters. The van der Waals surface area contributed by atoms with Gasteiger partial charge in [0.25, 0.3) is 5.91 Å². The molecule has 3 amide bonds. The van der Waals surface area contributed by atoms with E-state index in [9.17, 15) is 14.4 Å². The molecule has 3 rings (SSSR count). The van der Waals surface area contributed by atoms with E-state index < -0.39 is 5.60 Å². The molecule has 146 valence electrons. The second-order valence-electron chi connectivity index (χ2n) is 7.85. The van der Waals surface area contributed by atoms with Gasteiger partial charge in [0.05, 0.1) is 5.69 Å². The summed E-state index contributed by atoms with van der Waals surface area (Å²) in [7, 11) is 0. The molecule has 2 aliphatic rings. The highest BCUT2D eigenvalue weighted by Gasteiger charge is 2.41. The van der Waals surface area contributed by atoms with Crippen molar-refractivity contribution >= 4 is 23.4 Å². The van der Waals surface area contributed by atoms with Gasteiger partial charge in [0.15, 0.2) is 5.60 Å². The summed E-state index contributed by atoms with van der Waals surface area (Å²) in [5.41, 5.74) is 6.11. The first-order chi connectivity index (χ1) is 12.7. The SMILES string of the molecule is Cc1ccc2c(c1)N(CCC(=O)N1CCC(C(N)=O)CC1)C(=O)C(C)(C)O2. The lowest BCUT2D eigenvalue weighted by molar-refractivity contribution is -0.135. The first-order valence-electron chi connectivity index (χ1n) is 9.38. The predicted octanol–water partition coefficient (Wildman–Crippen LogP) is 1.61. The van der Waals surface area contributed by atoms with Crippen LogP contribution in [0.4, 0.5) is 5.69 Å². The number of amides is 3. The minimum absolute atomic E-state index is 0.00998. The summed E-state index contributed by atoms with van der Waals surface area (Å²) in [5.74, 6) is 0.0470. The van der Waals surface area contributed by atoms with E-state index in [4.69, 9.17) is 10.5 Å². The van der Waals surface area contributed by atoms with Crippen LogP contribution in [-0.2, 0) is 14.4 Å². The van der Waals surface area contributed by atoms with Gasteiger partial charge in [-0.2, -0.15) is 0 Å². The number of primary amides is 1. The lowest BCUT2D eigenvalue weighted by Crippen LogP contribution is -2.53. The topological polar surface area (TPSA) is 92.9 Å². The minimum atomic E-state index is -0.967. The Morgan fingerprint density at radius 1 is 1.26 bits per heavy atom. The quantitative estimate of drug-likeness (QED) is 0.868. The van der Waals surface area contributed by atoms with Crippen LogP contribution in [0.3, 0.4) is 0 Å². The highest BCUT2D eigenvalue weighted by Crippen LogP contribution is 2.38. The lowest BCUT2D eigenvalue weighted by Gasteiger charge is -2.39. The van der Waals surface area contributed by atoms with E-state index in [2.05, 4.69) is 0 Å². The molecule has 7 nitrogen and oxygen atoms in total. The van der Waals surface area contributed by atoms with Gasteiger partial charge in [0.2, 0.25) is 11.8 Å². The van der Waals surface area contributed by atoms with Gasteiger partial charge in [0, 0.05) is 32.0 Å². The van der Waals surface area contributed by atoms with Crippen LogP contribution in [0, 0.1) is 12.8 Å². The maximum absolute atomic E-state index is 12.9. The summed E-state index contributed by atoms with van der Waals surface area (Å²) >= 11 is 0. The van der Waals surface area contributed by atoms with Crippen LogP contribution < -0.4 is 15.4 Å². The number of carbonyl (C=O) groups excluding carboxylic acids is 3. The van der Waals surface area contributed by atoms with Crippen molar-refractivity contribution in [1.82, 2.24) is 4.90 Å². The highest BCUT2D eigenvalue weighted by molar-refractivity contribution is 6.02. The maximum atomic E-state index is 12.9. The first-order valence-corrected chi connectivity index (χ1v) is 9.38. The van der Waals surface area contributed by atoms with E-state index in [-0.39, 0.29) is 30.1 Å². The molecule has 0 radical (unpaired) electrons. The van der Waals surface area contributed by atoms with Gasteiger partial charge in [-0.25, -0.2) is 0 Å². The molecule has 0 aliphatic carbocycles. The Bertz CT molecular complexity index is 766. The van der Waals surface area contributed by atoms with E-state index in [0.717, 1.165) is 5.56 Å². The Balaban J connectivity index is 1.68. The normalized spacial score (nSPS) is 19.4. The number of benzene rings is 1. The number of nitrogens with two attached hydrogens (primary N) is 1. The zero-order chi connectivity index (χ0) is 19.8. The molecule has 1 aromatic carbocycles. The van der Waals surface area contributed by atoms with Crippen LogP contribution in [0.25, 0.3) is 0 Å². The highest BCUT2D eigenvalue weighted by atomic mass is 16.5. The number of piperidine rings is 1. The third-order valence-corrected chi connectivity index (χ3v) is 5.33. The van der Waals surface area contributed by atoms with Crippen molar-refractivity contribution in [3.8, 4) is 5.75 Å². The largest absolute Gasteiger partial charge is 0.476 e. The summed E-state index contributed by atoms with van der Waals surface area (Å²) in [6, 6.07) is 5.71. The van der Waals surface area contributed by atoms with E-state index in [0.29, 0.717) is 43.9 Å². The van der Waals surface area contributed by atoms with Gasteiger partial charge in [-0.15, -0.1) is 0 Å². The fraction of sp³-hybridized carbons (Fsp3) is 0.550. The van der Waals surface area contributed by atoms with Crippen molar-refractivity contribution in [2.24, 2.45) is 11.7 Å². The number of hydrogen-bond donors (Lipinski definition) is 1. The van der Waals surface area contributed by atoms with Gasteiger partial charge in [-0.05, 0) is 51.3 Å². The molecule has 7 heteroatoms. The van der Waals surface area contributed by atoms with Gasteiger partial charge < -0.3 is 20.3 Å². The molecule has 2 N–H and O–H groups in total. The third-order valence-electron chi connectivity index (χ3n) is 5.33. The standard InChI is InChI=1S/C20H27N3O4/c1-13-4-5-16-15(12-13)23(19(26)20(2,3)27-16)11-8-17(24)22-9-6-14(7-10-22)18(21)25/h4-5,12,14H,6-11H2,1-3H3,(H2,21,25). The Morgan fingerprint density at radius 3 is 2.56 bits per heavy atom. The second-order valence-corrected chi connectivity index (χ2v) is 7.85. The molecule has 1 fully saturated rings. The Morgan fingerprint density at radius 2 is 1.93 bits per heavy atom. The monoisotopic (exact) mass is 373 g/mol. The number of likely N-dealkylation sites (tertiary alicyclic amines) is 1. The molecular formula is C20H27N3O4. The fourth-order valence-electron chi connectivity index (χ4n) is 3.68. The molecule has 0 atom stereocenters.